The Balaban J connectivity index is 2.27. The molecule has 0 spiro atoms. The normalized spacial score (nSPS) is 12.9. The van der Waals surface area contributed by atoms with Crippen LogP contribution < -0.4 is 11.1 Å². The van der Waals surface area contributed by atoms with Gasteiger partial charge in [-0.05, 0) is 25.3 Å². The number of nitrogens with zero attached hydrogens (tertiary/aromatic N) is 1. The number of anilines is 2. The molecule has 5 heteroatoms. The number of fused-ring (bicyclic) bond motifs is 1. The molecule has 0 amide bonds. The van der Waals surface area contributed by atoms with Crippen LogP contribution in [0.15, 0.2) is 17.6 Å². The minimum atomic E-state index is 0.411. The minimum absolute atomic E-state index is 0.411. The lowest BCUT2D eigenvalue weighted by molar-refractivity contribution is 0.915. The molecule has 1 aromatic heterocycles. The molecule has 1 heterocycles. The third-order valence-corrected chi connectivity index (χ3v) is 3.99. The van der Waals surface area contributed by atoms with Crippen LogP contribution in [0.4, 0.5) is 11.4 Å². The summed E-state index contributed by atoms with van der Waals surface area (Å²) in [5.41, 5.74) is 10.6. The molecule has 0 aliphatic heterocycles. The van der Waals surface area contributed by atoms with Crippen molar-refractivity contribution >= 4 is 44.7 Å². The van der Waals surface area contributed by atoms with E-state index in [4.69, 9.17) is 5.73 Å². The predicted octanol–water partition coefficient (Wildman–Crippen LogP) is 3.04. The molecule has 0 fully saturated rings. The quantitative estimate of drug-likeness (QED) is 0.822. The van der Waals surface area contributed by atoms with E-state index >= 15 is 0 Å². The Morgan fingerprint density at radius 3 is 3.12 bits per heavy atom. The van der Waals surface area contributed by atoms with E-state index in [0.29, 0.717) is 6.04 Å². The van der Waals surface area contributed by atoms with E-state index in [1.807, 2.05) is 23.3 Å². The number of nitrogen functional groups attached to an aromatic ring is 1. The topological polar surface area (TPSA) is 50.9 Å². The van der Waals surface area contributed by atoms with Gasteiger partial charge in [0.2, 0.25) is 0 Å². The van der Waals surface area contributed by atoms with E-state index in [1.54, 1.807) is 11.3 Å². The van der Waals surface area contributed by atoms with Crippen molar-refractivity contribution in [1.82, 2.24) is 4.98 Å². The lowest BCUT2D eigenvalue weighted by atomic mass is 10.2. The fraction of sp³-hybridized carbons (Fsp3) is 0.364. The molecule has 0 saturated carbocycles. The number of nitrogens with one attached hydrogen (secondary N) is 1. The van der Waals surface area contributed by atoms with Crippen LogP contribution in [0.25, 0.3) is 10.2 Å². The standard InChI is InChI=1S/C11H15N3S2/c1-7(5-15-2)14-8-3-4-9-11(10(8)12)13-6-16-9/h3-4,6-7,14H,5,12H2,1-2H3. The van der Waals surface area contributed by atoms with Gasteiger partial charge in [-0.1, -0.05) is 0 Å². The molecule has 2 rings (SSSR count). The zero-order valence-electron chi connectivity index (χ0n) is 9.36. The number of thiazole rings is 1. The highest BCUT2D eigenvalue weighted by atomic mass is 32.2. The van der Waals surface area contributed by atoms with Crippen molar-refractivity contribution in [2.45, 2.75) is 13.0 Å². The highest BCUT2D eigenvalue weighted by Gasteiger charge is 2.08. The maximum atomic E-state index is 6.08. The first kappa shape index (κ1) is 11.5. The van der Waals surface area contributed by atoms with Gasteiger partial charge in [0.15, 0.2) is 0 Å². The zero-order valence-corrected chi connectivity index (χ0v) is 11.0. The van der Waals surface area contributed by atoms with Gasteiger partial charge in [-0.3, -0.25) is 0 Å². The Labute approximate surface area is 103 Å². The van der Waals surface area contributed by atoms with E-state index in [2.05, 4.69) is 29.5 Å². The van der Waals surface area contributed by atoms with Crippen LogP contribution in [-0.4, -0.2) is 23.0 Å². The molecule has 1 unspecified atom stereocenters. The first-order valence-corrected chi connectivity index (χ1v) is 7.37. The number of hydrogen-bond acceptors (Lipinski definition) is 5. The van der Waals surface area contributed by atoms with Crippen LogP contribution in [0.5, 0.6) is 0 Å². The van der Waals surface area contributed by atoms with Crippen LogP contribution in [0.1, 0.15) is 6.92 Å². The smallest absolute Gasteiger partial charge is 0.106 e. The molecule has 0 aliphatic rings. The molecular formula is C11H15N3S2. The Hall–Kier alpha value is -0.940. The Morgan fingerprint density at radius 1 is 1.56 bits per heavy atom. The van der Waals surface area contributed by atoms with Crippen molar-refractivity contribution < 1.29 is 0 Å². The molecule has 86 valence electrons. The van der Waals surface area contributed by atoms with Crippen molar-refractivity contribution in [2.75, 3.05) is 23.1 Å². The average molecular weight is 253 g/mol. The van der Waals surface area contributed by atoms with Gasteiger partial charge in [-0.25, -0.2) is 4.98 Å². The molecule has 16 heavy (non-hydrogen) atoms. The molecular weight excluding hydrogens is 238 g/mol. The summed E-state index contributed by atoms with van der Waals surface area (Å²) in [5.74, 6) is 1.06. The van der Waals surface area contributed by atoms with Crippen molar-refractivity contribution in [3.8, 4) is 0 Å². The Morgan fingerprint density at radius 2 is 2.38 bits per heavy atom. The highest BCUT2D eigenvalue weighted by Crippen LogP contribution is 2.30. The maximum absolute atomic E-state index is 6.08. The Kier molecular flexibility index (Phi) is 3.56. The monoisotopic (exact) mass is 253 g/mol. The molecule has 1 aromatic carbocycles. The first-order chi connectivity index (χ1) is 7.72. The fourth-order valence-electron chi connectivity index (χ4n) is 1.64. The molecule has 3 nitrogen and oxygen atoms in total. The fourth-order valence-corrected chi connectivity index (χ4v) is 2.91. The summed E-state index contributed by atoms with van der Waals surface area (Å²) in [7, 11) is 0. The zero-order chi connectivity index (χ0) is 11.5. The molecule has 0 radical (unpaired) electrons. The molecule has 0 aliphatic carbocycles. The summed E-state index contributed by atoms with van der Waals surface area (Å²) in [5, 5.41) is 3.41. The van der Waals surface area contributed by atoms with Crippen LogP contribution in [-0.2, 0) is 0 Å². The number of rotatable bonds is 4. The van der Waals surface area contributed by atoms with Crippen LogP contribution in [0, 0.1) is 0 Å². The third kappa shape index (κ3) is 2.25. The van der Waals surface area contributed by atoms with Gasteiger partial charge in [0, 0.05) is 11.8 Å². The van der Waals surface area contributed by atoms with Gasteiger partial charge in [-0.2, -0.15) is 11.8 Å². The lowest BCUT2D eigenvalue weighted by Gasteiger charge is -2.15. The van der Waals surface area contributed by atoms with E-state index < -0.39 is 0 Å². The van der Waals surface area contributed by atoms with Gasteiger partial charge < -0.3 is 11.1 Å². The third-order valence-electron chi connectivity index (χ3n) is 2.36. The molecule has 0 saturated heterocycles. The van der Waals surface area contributed by atoms with E-state index in [9.17, 15) is 0 Å². The van der Waals surface area contributed by atoms with Crippen molar-refractivity contribution in [1.29, 1.82) is 0 Å². The average Bonchev–Trinajstić information content (AvgIpc) is 2.71. The van der Waals surface area contributed by atoms with E-state index in [-0.39, 0.29) is 0 Å². The number of thioether (sulfide) groups is 1. The van der Waals surface area contributed by atoms with Gasteiger partial charge >= 0.3 is 0 Å². The second-order valence-corrected chi connectivity index (χ2v) is 5.52. The largest absolute Gasteiger partial charge is 0.395 e. The molecule has 0 bridgehead atoms. The summed E-state index contributed by atoms with van der Waals surface area (Å²) in [6.45, 7) is 2.15. The summed E-state index contributed by atoms with van der Waals surface area (Å²) in [6, 6.07) is 4.51. The van der Waals surface area contributed by atoms with Gasteiger partial charge in [0.05, 0.1) is 21.6 Å². The summed E-state index contributed by atoms with van der Waals surface area (Å²) >= 11 is 3.44. The van der Waals surface area contributed by atoms with E-state index in [0.717, 1.165) is 27.3 Å². The number of hydrogen-bond donors (Lipinski definition) is 2. The molecule has 2 aromatic rings. The lowest BCUT2D eigenvalue weighted by Crippen LogP contribution is -2.18. The van der Waals surface area contributed by atoms with Crippen molar-refractivity contribution in [3.63, 3.8) is 0 Å². The SMILES string of the molecule is CSCC(C)Nc1ccc2scnc2c1N. The van der Waals surface area contributed by atoms with Gasteiger partial charge in [0.25, 0.3) is 0 Å². The summed E-state index contributed by atoms with van der Waals surface area (Å²) in [6.07, 6.45) is 2.10. The maximum Gasteiger partial charge on any atom is 0.106 e. The van der Waals surface area contributed by atoms with Gasteiger partial charge in [0.1, 0.15) is 5.52 Å². The number of benzene rings is 1. The van der Waals surface area contributed by atoms with Crippen LogP contribution in [0.3, 0.4) is 0 Å². The van der Waals surface area contributed by atoms with Crippen LogP contribution >= 0.6 is 23.1 Å². The van der Waals surface area contributed by atoms with Crippen molar-refractivity contribution in [2.24, 2.45) is 0 Å². The molecule has 1 atom stereocenters. The summed E-state index contributed by atoms with van der Waals surface area (Å²) in [4.78, 5) is 4.28. The number of aromatic nitrogens is 1. The predicted molar refractivity (Wildman–Crippen MR) is 75.5 cm³/mol. The highest BCUT2D eigenvalue weighted by molar-refractivity contribution is 7.98. The van der Waals surface area contributed by atoms with Crippen molar-refractivity contribution in [3.05, 3.63) is 17.6 Å². The van der Waals surface area contributed by atoms with Gasteiger partial charge in [-0.15, -0.1) is 11.3 Å². The molecule has 3 N–H and O–H groups in total. The van der Waals surface area contributed by atoms with E-state index in [1.165, 1.54) is 0 Å². The first-order valence-electron chi connectivity index (χ1n) is 5.09. The number of nitrogens with two attached hydrogens (primary N) is 1. The second kappa shape index (κ2) is 4.93. The Bertz CT molecular complexity index is 481. The minimum Gasteiger partial charge on any atom is -0.395 e. The summed E-state index contributed by atoms with van der Waals surface area (Å²) < 4.78 is 1.14. The second-order valence-electron chi connectivity index (χ2n) is 3.73. The van der Waals surface area contributed by atoms with Crippen LogP contribution in [0.2, 0.25) is 0 Å².